The number of carbonyl (C=O) groups excluding carboxylic acids is 1. The van der Waals surface area contributed by atoms with E-state index in [1.165, 1.54) is 21.3 Å². The van der Waals surface area contributed by atoms with Gasteiger partial charge in [0.05, 0.1) is 38.4 Å². The first kappa shape index (κ1) is 18.7. The number of carbonyl (C=O) groups is 1. The minimum atomic E-state index is -0.741. The van der Waals surface area contributed by atoms with E-state index in [0.717, 1.165) is 0 Å². The van der Waals surface area contributed by atoms with Crippen LogP contribution in [0.3, 0.4) is 0 Å². The van der Waals surface area contributed by atoms with Gasteiger partial charge in [-0.2, -0.15) is 0 Å². The van der Waals surface area contributed by atoms with Gasteiger partial charge < -0.3 is 24.5 Å². The molecule has 1 aliphatic heterocycles. The number of ether oxygens (including phenoxy) is 3. The van der Waals surface area contributed by atoms with Gasteiger partial charge >= 0.3 is 5.97 Å². The van der Waals surface area contributed by atoms with Gasteiger partial charge in [-0.1, -0.05) is 0 Å². The highest BCUT2D eigenvalue weighted by Gasteiger charge is 2.37. The number of nitrogens with one attached hydrogen (secondary N) is 3. The molecule has 3 N–H and O–H groups in total. The Balaban J connectivity index is 2.39. The van der Waals surface area contributed by atoms with E-state index in [2.05, 4.69) is 15.3 Å². The Hall–Kier alpha value is -3.07. The lowest BCUT2D eigenvalue weighted by molar-refractivity contribution is -0.136. The van der Waals surface area contributed by atoms with Crippen molar-refractivity contribution in [2.45, 2.75) is 12.8 Å². The summed E-state index contributed by atoms with van der Waals surface area (Å²) in [6.07, 6.45) is 0. The average Bonchev–Trinajstić information content (AvgIpc) is 2.65. The average molecular weight is 389 g/mol. The second kappa shape index (κ2) is 7.28. The van der Waals surface area contributed by atoms with E-state index in [4.69, 9.17) is 26.4 Å². The Bertz CT molecular complexity index is 1050. The van der Waals surface area contributed by atoms with E-state index in [1.807, 2.05) is 0 Å². The van der Waals surface area contributed by atoms with Gasteiger partial charge in [0.25, 0.3) is 5.56 Å². The Labute approximate surface area is 160 Å². The number of aromatic nitrogens is 2. The lowest BCUT2D eigenvalue weighted by atomic mass is 9.81. The van der Waals surface area contributed by atoms with Crippen LogP contribution in [-0.4, -0.2) is 37.3 Å². The summed E-state index contributed by atoms with van der Waals surface area (Å²) in [4.78, 5) is 30.8. The van der Waals surface area contributed by atoms with Crippen molar-refractivity contribution in [3.05, 3.63) is 55.7 Å². The minimum Gasteiger partial charge on any atom is -0.497 e. The molecule has 1 aromatic carbocycles. The van der Waals surface area contributed by atoms with Crippen molar-refractivity contribution >= 4 is 24.0 Å². The van der Waals surface area contributed by atoms with Crippen molar-refractivity contribution < 1.29 is 19.0 Å². The van der Waals surface area contributed by atoms with Gasteiger partial charge in [0.2, 0.25) is 0 Å². The number of hydrogen-bond acceptors (Lipinski definition) is 7. The van der Waals surface area contributed by atoms with E-state index in [9.17, 15) is 9.59 Å². The number of fused-ring (bicyclic) bond motifs is 1. The summed E-state index contributed by atoms with van der Waals surface area (Å²) in [5.41, 5.74) is 1.33. The maximum Gasteiger partial charge on any atom is 0.336 e. The number of methoxy groups -OCH3 is 3. The third kappa shape index (κ3) is 3.21. The topological polar surface area (TPSA) is 105 Å². The molecule has 2 aromatic rings. The normalized spacial score (nSPS) is 15.6. The summed E-state index contributed by atoms with van der Waals surface area (Å²) in [6.45, 7) is 1.73. The fourth-order valence-electron chi connectivity index (χ4n) is 3.24. The Morgan fingerprint density at radius 1 is 1.15 bits per heavy atom. The van der Waals surface area contributed by atoms with E-state index < -0.39 is 17.4 Å². The lowest BCUT2D eigenvalue weighted by Crippen LogP contribution is -2.30. The van der Waals surface area contributed by atoms with Gasteiger partial charge in [0, 0.05) is 11.3 Å². The van der Waals surface area contributed by atoms with Crippen LogP contribution in [0.5, 0.6) is 11.5 Å². The van der Waals surface area contributed by atoms with Gasteiger partial charge in [0.15, 0.2) is 4.77 Å². The maximum atomic E-state index is 12.8. The van der Waals surface area contributed by atoms with Crippen molar-refractivity contribution in [1.29, 1.82) is 0 Å². The molecule has 0 unspecified atom stereocenters. The van der Waals surface area contributed by atoms with Crippen molar-refractivity contribution in [3.8, 4) is 11.5 Å². The number of esters is 1. The number of benzene rings is 1. The summed E-state index contributed by atoms with van der Waals surface area (Å²) < 4.78 is 15.9. The molecule has 0 bridgehead atoms. The van der Waals surface area contributed by atoms with Crippen LogP contribution in [0.25, 0.3) is 0 Å². The summed E-state index contributed by atoms with van der Waals surface area (Å²) in [7, 11) is 4.35. The minimum absolute atomic E-state index is 0.178. The third-order valence-electron chi connectivity index (χ3n) is 4.43. The predicted molar refractivity (Wildman–Crippen MR) is 102 cm³/mol. The highest BCUT2D eigenvalue weighted by molar-refractivity contribution is 7.71. The molecule has 8 nitrogen and oxygen atoms in total. The van der Waals surface area contributed by atoms with Crippen LogP contribution in [0.1, 0.15) is 24.0 Å². The first-order valence-corrected chi connectivity index (χ1v) is 8.46. The van der Waals surface area contributed by atoms with Crippen LogP contribution in [0.4, 0.5) is 5.82 Å². The molecule has 1 aliphatic rings. The summed E-state index contributed by atoms with van der Waals surface area (Å²) in [5, 5.41) is 3.04. The van der Waals surface area contributed by atoms with Crippen LogP contribution in [0.15, 0.2) is 34.3 Å². The van der Waals surface area contributed by atoms with Crippen LogP contribution < -0.4 is 20.3 Å². The van der Waals surface area contributed by atoms with E-state index in [1.54, 1.807) is 25.1 Å². The maximum absolute atomic E-state index is 12.8. The van der Waals surface area contributed by atoms with Crippen molar-refractivity contribution in [2.24, 2.45) is 0 Å². The first-order valence-electron chi connectivity index (χ1n) is 8.05. The van der Waals surface area contributed by atoms with E-state index >= 15 is 0 Å². The van der Waals surface area contributed by atoms with Crippen LogP contribution >= 0.6 is 12.2 Å². The number of anilines is 1. The lowest BCUT2D eigenvalue weighted by Gasteiger charge is -2.29. The number of allylic oxidation sites excluding steroid dienone is 1. The molecule has 0 amide bonds. The zero-order valence-electron chi connectivity index (χ0n) is 15.3. The van der Waals surface area contributed by atoms with Gasteiger partial charge in [-0.25, -0.2) is 4.79 Å². The fourth-order valence-corrected chi connectivity index (χ4v) is 3.44. The van der Waals surface area contributed by atoms with Crippen molar-refractivity contribution in [2.75, 3.05) is 26.6 Å². The fraction of sp³-hybridized carbons (Fsp3) is 0.278. The largest absolute Gasteiger partial charge is 0.497 e. The quantitative estimate of drug-likeness (QED) is 0.545. The molecule has 142 valence electrons. The van der Waals surface area contributed by atoms with Gasteiger partial charge in [0.1, 0.15) is 17.3 Å². The number of hydrogen-bond donors (Lipinski definition) is 3. The first-order chi connectivity index (χ1) is 12.9. The summed E-state index contributed by atoms with van der Waals surface area (Å²) in [5.74, 6) is 0.193. The van der Waals surface area contributed by atoms with Gasteiger partial charge in [-0.3, -0.25) is 9.78 Å². The molecule has 0 saturated heterocycles. The number of aromatic amines is 2. The van der Waals surface area contributed by atoms with E-state index in [-0.39, 0.29) is 4.77 Å². The molecule has 0 aliphatic carbocycles. The molecule has 0 spiro atoms. The Morgan fingerprint density at radius 3 is 2.52 bits per heavy atom. The third-order valence-corrected chi connectivity index (χ3v) is 4.63. The number of H-pyrrole nitrogens is 2. The summed E-state index contributed by atoms with van der Waals surface area (Å²) in [6, 6.07) is 5.19. The van der Waals surface area contributed by atoms with E-state index in [0.29, 0.717) is 39.7 Å². The Kier molecular flexibility index (Phi) is 5.04. The van der Waals surface area contributed by atoms with Gasteiger partial charge in [-0.05, 0) is 37.3 Å². The smallest absolute Gasteiger partial charge is 0.336 e. The predicted octanol–water partition coefficient (Wildman–Crippen LogP) is 2.45. The standard InChI is InChI=1S/C18H19N3O5S/c1-8-12(17(23)26-4)13(10-7-9(24-2)5-6-11(10)25-3)14-15(19-8)20-18(27)21-16(14)22/h5-7,13H,1-4H3,(H3,19,20,21,22,27)/t13-/m1/s1. The second-order valence-electron chi connectivity index (χ2n) is 5.89. The monoisotopic (exact) mass is 389 g/mol. The van der Waals surface area contributed by atoms with Crippen LogP contribution in [-0.2, 0) is 9.53 Å². The molecule has 3 rings (SSSR count). The van der Waals surface area contributed by atoms with Crippen LogP contribution in [0.2, 0.25) is 0 Å². The Morgan fingerprint density at radius 2 is 1.89 bits per heavy atom. The van der Waals surface area contributed by atoms with Crippen molar-refractivity contribution in [3.63, 3.8) is 0 Å². The zero-order valence-corrected chi connectivity index (χ0v) is 16.1. The van der Waals surface area contributed by atoms with Crippen molar-refractivity contribution in [1.82, 2.24) is 9.97 Å². The number of rotatable bonds is 4. The summed E-state index contributed by atoms with van der Waals surface area (Å²) >= 11 is 5.07. The molecular weight excluding hydrogens is 370 g/mol. The molecule has 27 heavy (non-hydrogen) atoms. The molecule has 9 heteroatoms. The zero-order chi connectivity index (χ0) is 19.7. The molecular formula is C18H19N3O5S. The van der Waals surface area contributed by atoms with Crippen LogP contribution in [0, 0.1) is 4.77 Å². The van der Waals surface area contributed by atoms with Gasteiger partial charge in [-0.15, -0.1) is 0 Å². The SMILES string of the molecule is COC(=O)C1=C(C)Nc2[nH]c(=S)[nH]c(=O)c2[C@@H]1c1cc(OC)ccc1OC. The molecule has 0 radical (unpaired) electrons. The molecule has 1 aromatic heterocycles. The highest BCUT2D eigenvalue weighted by atomic mass is 32.1. The highest BCUT2D eigenvalue weighted by Crippen LogP contribution is 2.43. The molecule has 2 heterocycles. The second-order valence-corrected chi connectivity index (χ2v) is 6.30. The molecule has 1 atom stereocenters. The molecule has 0 saturated carbocycles. The molecule has 0 fully saturated rings.